The monoisotopic (exact) mass is 476 g/mol. The first-order valence-corrected chi connectivity index (χ1v) is 11.7. The lowest BCUT2D eigenvalue weighted by atomic mass is 9.94. The number of phenols is 1. The second-order valence-electron chi connectivity index (χ2n) is 8.65. The number of rotatable bonds is 12. The lowest BCUT2D eigenvalue weighted by molar-refractivity contribution is -0.135. The fraction of sp³-hybridized carbons (Fsp3) is 0.286. The summed E-state index contributed by atoms with van der Waals surface area (Å²) in [6, 6.07) is 24.4. The summed E-state index contributed by atoms with van der Waals surface area (Å²) in [7, 11) is 0. The summed E-state index contributed by atoms with van der Waals surface area (Å²) in [4.78, 5) is 24.7. The van der Waals surface area contributed by atoms with Crippen LogP contribution in [0.3, 0.4) is 0 Å². The van der Waals surface area contributed by atoms with Crippen LogP contribution in [0.5, 0.6) is 5.75 Å². The van der Waals surface area contributed by atoms with E-state index in [4.69, 9.17) is 5.21 Å². The molecule has 0 radical (unpaired) electrons. The molecule has 0 bridgehead atoms. The van der Waals surface area contributed by atoms with Crippen LogP contribution in [-0.2, 0) is 22.4 Å². The van der Waals surface area contributed by atoms with Gasteiger partial charge in [0.25, 0.3) is 0 Å². The second kappa shape index (κ2) is 13.3. The second-order valence-corrected chi connectivity index (χ2v) is 8.65. The molecule has 2 amide bonds. The molecule has 7 nitrogen and oxygen atoms in total. The Balaban J connectivity index is 1.56. The molecule has 3 aromatic rings. The van der Waals surface area contributed by atoms with E-state index >= 15 is 0 Å². The van der Waals surface area contributed by atoms with Gasteiger partial charge in [-0.25, -0.2) is 5.48 Å². The number of hydrogen-bond acceptors (Lipinski definition) is 5. The number of hydrogen-bond donors (Lipinski definition) is 5. The van der Waals surface area contributed by atoms with Crippen LogP contribution in [-0.4, -0.2) is 39.9 Å². The van der Waals surface area contributed by atoms with E-state index in [2.05, 4.69) is 41.7 Å². The maximum absolute atomic E-state index is 12.9. The number of benzene rings is 3. The van der Waals surface area contributed by atoms with Crippen LogP contribution < -0.4 is 10.8 Å². The van der Waals surface area contributed by atoms with Crippen molar-refractivity contribution >= 4 is 11.8 Å². The Hall–Kier alpha value is -3.68. The highest BCUT2D eigenvalue weighted by Gasteiger charge is 2.24. The van der Waals surface area contributed by atoms with Crippen LogP contribution in [0.25, 0.3) is 11.1 Å². The summed E-state index contributed by atoms with van der Waals surface area (Å²) < 4.78 is 0. The lowest BCUT2D eigenvalue weighted by Crippen LogP contribution is -2.43. The molecule has 0 aromatic heterocycles. The summed E-state index contributed by atoms with van der Waals surface area (Å²) >= 11 is 0. The number of aliphatic hydroxyl groups is 1. The largest absolute Gasteiger partial charge is 0.508 e. The van der Waals surface area contributed by atoms with E-state index in [9.17, 15) is 19.8 Å². The van der Waals surface area contributed by atoms with Gasteiger partial charge in [0.2, 0.25) is 11.8 Å². The molecule has 0 unspecified atom stereocenters. The van der Waals surface area contributed by atoms with Gasteiger partial charge in [0, 0.05) is 12.3 Å². The molecule has 0 heterocycles. The topological polar surface area (TPSA) is 119 Å². The molecule has 0 saturated heterocycles. The fourth-order valence-electron chi connectivity index (χ4n) is 4.04. The van der Waals surface area contributed by atoms with Crippen molar-refractivity contribution in [1.82, 2.24) is 10.8 Å². The van der Waals surface area contributed by atoms with Gasteiger partial charge in [0.15, 0.2) is 0 Å². The van der Waals surface area contributed by atoms with Gasteiger partial charge < -0.3 is 15.5 Å². The highest BCUT2D eigenvalue weighted by Crippen LogP contribution is 2.21. The molecule has 5 N–H and O–H groups in total. The molecule has 0 aliphatic heterocycles. The highest BCUT2D eigenvalue weighted by atomic mass is 16.5. The van der Waals surface area contributed by atoms with Crippen molar-refractivity contribution in [3.05, 3.63) is 90.0 Å². The van der Waals surface area contributed by atoms with Crippen molar-refractivity contribution in [2.45, 2.75) is 38.1 Å². The maximum atomic E-state index is 12.9. The standard InChI is InChI=1S/C28H32N2O5/c31-19-25(17-21-11-15-26(32)16-12-21)29-28(34)24(18-27(33)30-35)8-4-5-20-9-13-23(14-10-20)22-6-2-1-3-7-22/h1-3,6-7,9-16,24-25,31-32,35H,4-5,8,17-19H2,(H,29,34)(H,30,33)/t24-,25+/m1/s1. The first kappa shape index (κ1) is 25.9. The van der Waals surface area contributed by atoms with Gasteiger partial charge in [-0.15, -0.1) is 0 Å². The number of aromatic hydroxyl groups is 1. The van der Waals surface area contributed by atoms with Crippen LogP contribution >= 0.6 is 0 Å². The average molecular weight is 477 g/mol. The van der Waals surface area contributed by atoms with E-state index < -0.39 is 17.9 Å². The molecule has 7 heteroatoms. The van der Waals surface area contributed by atoms with E-state index in [0.29, 0.717) is 19.3 Å². The van der Waals surface area contributed by atoms with Gasteiger partial charge in [0.1, 0.15) is 5.75 Å². The number of carbonyl (C=O) groups is 2. The van der Waals surface area contributed by atoms with E-state index in [0.717, 1.165) is 28.7 Å². The summed E-state index contributed by atoms with van der Waals surface area (Å²) in [5, 5.41) is 30.9. The Bertz CT molecular complexity index is 1070. The molecular formula is C28H32N2O5. The molecule has 0 aliphatic carbocycles. The van der Waals surface area contributed by atoms with Crippen molar-refractivity contribution in [3.63, 3.8) is 0 Å². The smallest absolute Gasteiger partial charge is 0.244 e. The lowest BCUT2D eigenvalue weighted by Gasteiger charge is -2.21. The minimum atomic E-state index is -0.639. The van der Waals surface area contributed by atoms with Crippen LogP contribution in [0.1, 0.15) is 30.4 Å². The number of carbonyl (C=O) groups excluding carboxylic acids is 2. The molecule has 3 rings (SSSR count). The molecule has 2 atom stereocenters. The number of amides is 2. The Kier molecular flexibility index (Phi) is 9.83. The first-order valence-electron chi connectivity index (χ1n) is 11.7. The van der Waals surface area contributed by atoms with E-state index in [1.807, 2.05) is 18.2 Å². The molecule has 0 spiro atoms. The molecule has 184 valence electrons. The third-order valence-electron chi connectivity index (χ3n) is 5.99. The highest BCUT2D eigenvalue weighted by molar-refractivity contribution is 5.85. The number of phenolic OH excluding ortho intramolecular Hbond substituents is 1. The SMILES string of the molecule is O=C(C[C@@H](CCCc1ccc(-c2ccccc2)cc1)C(=O)N[C@H](CO)Cc1ccc(O)cc1)NO. The molecular weight excluding hydrogens is 444 g/mol. The molecule has 3 aromatic carbocycles. The zero-order valence-corrected chi connectivity index (χ0v) is 19.6. The molecule has 0 aliphatic rings. The number of hydroxylamine groups is 1. The van der Waals surface area contributed by atoms with E-state index in [1.165, 1.54) is 0 Å². The molecule has 0 saturated carbocycles. The molecule has 0 fully saturated rings. The van der Waals surface area contributed by atoms with Crippen LogP contribution in [0, 0.1) is 5.92 Å². The Morgan fingerprint density at radius 2 is 1.46 bits per heavy atom. The third kappa shape index (κ3) is 8.24. The quantitative estimate of drug-likeness (QED) is 0.202. The van der Waals surface area contributed by atoms with Crippen molar-refractivity contribution in [2.24, 2.45) is 5.92 Å². The minimum Gasteiger partial charge on any atom is -0.508 e. The van der Waals surface area contributed by atoms with Crippen molar-refractivity contribution < 1.29 is 25.0 Å². The first-order chi connectivity index (χ1) is 17.0. The predicted octanol–water partition coefficient (Wildman–Crippen LogP) is 3.61. The van der Waals surface area contributed by atoms with Crippen LogP contribution in [0.4, 0.5) is 0 Å². The summed E-state index contributed by atoms with van der Waals surface area (Å²) in [5.41, 5.74) is 5.87. The summed E-state index contributed by atoms with van der Waals surface area (Å²) in [6.07, 6.45) is 2.12. The third-order valence-corrected chi connectivity index (χ3v) is 5.99. The average Bonchev–Trinajstić information content (AvgIpc) is 2.89. The van der Waals surface area contributed by atoms with Crippen LogP contribution in [0.2, 0.25) is 0 Å². The van der Waals surface area contributed by atoms with Gasteiger partial charge in [-0.1, -0.05) is 66.7 Å². The van der Waals surface area contributed by atoms with Crippen molar-refractivity contribution in [2.75, 3.05) is 6.61 Å². The number of aliphatic hydroxyl groups excluding tert-OH is 1. The Morgan fingerprint density at radius 3 is 2.09 bits per heavy atom. The Labute approximate surface area is 205 Å². The zero-order valence-electron chi connectivity index (χ0n) is 19.6. The van der Waals surface area contributed by atoms with Gasteiger partial charge >= 0.3 is 0 Å². The summed E-state index contributed by atoms with van der Waals surface area (Å²) in [5.74, 6) is -1.47. The zero-order chi connectivity index (χ0) is 25.0. The van der Waals surface area contributed by atoms with Gasteiger partial charge in [0.05, 0.1) is 12.6 Å². The van der Waals surface area contributed by atoms with Crippen LogP contribution in [0.15, 0.2) is 78.9 Å². The minimum absolute atomic E-state index is 0.142. The number of aryl methyl sites for hydroxylation is 1. The van der Waals surface area contributed by atoms with Gasteiger partial charge in [-0.2, -0.15) is 0 Å². The summed E-state index contributed by atoms with van der Waals surface area (Å²) in [6.45, 7) is -0.265. The molecule has 35 heavy (non-hydrogen) atoms. The maximum Gasteiger partial charge on any atom is 0.244 e. The van der Waals surface area contributed by atoms with E-state index in [1.54, 1.807) is 29.7 Å². The van der Waals surface area contributed by atoms with Gasteiger partial charge in [-0.3, -0.25) is 14.8 Å². The van der Waals surface area contributed by atoms with Crippen molar-refractivity contribution in [3.8, 4) is 16.9 Å². The number of nitrogens with one attached hydrogen (secondary N) is 2. The van der Waals surface area contributed by atoms with Gasteiger partial charge in [-0.05, 0) is 60.1 Å². The predicted molar refractivity (Wildman–Crippen MR) is 134 cm³/mol. The van der Waals surface area contributed by atoms with E-state index in [-0.39, 0.29) is 24.7 Å². The van der Waals surface area contributed by atoms with Crippen molar-refractivity contribution in [1.29, 1.82) is 0 Å². The normalized spacial score (nSPS) is 12.5. The fourth-order valence-corrected chi connectivity index (χ4v) is 4.04. The Morgan fingerprint density at radius 1 is 0.829 bits per heavy atom.